The molecule has 1 N–H and O–H groups in total. The largest absolute Gasteiger partial charge is 0.497 e. The molecule has 0 aliphatic heterocycles. The summed E-state index contributed by atoms with van der Waals surface area (Å²) >= 11 is 0. The smallest absolute Gasteiger partial charge is 0.258 e. The number of fused-ring (bicyclic) bond motifs is 1. The average molecular weight is 479 g/mol. The average Bonchev–Trinajstić information content (AvgIpc) is 3.32. The van der Waals surface area contributed by atoms with Crippen LogP contribution in [0.1, 0.15) is 0 Å². The summed E-state index contributed by atoms with van der Waals surface area (Å²) in [5.41, 5.74) is 1.22. The van der Waals surface area contributed by atoms with Gasteiger partial charge in [-0.1, -0.05) is 6.07 Å². The fourth-order valence-corrected chi connectivity index (χ4v) is 3.24. The molecule has 0 radical (unpaired) electrons. The minimum Gasteiger partial charge on any atom is -0.497 e. The Morgan fingerprint density at radius 3 is 2.49 bits per heavy atom. The third kappa shape index (κ3) is 5.69. The van der Waals surface area contributed by atoms with Crippen LogP contribution in [0.15, 0.2) is 54.6 Å². The van der Waals surface area contributed by atoms with E-state index in [1.807, 2.05) is 0 Å². The molecule has 1 amide bonds. The van der Waals surface area contributed by atoms with E-state index in [-0.39, 0.29) is 25.7 Å². The van der Waals surface area contributed by atoms with Crippen LogP contribution >= 0.6 is 0 Å². The summed E-state index contributed by atoms with van der Waals surface area (Å²) in [4.78, 5) is 12.1. The van der Waals surface area contributed by atoms with Crippen LogP contribution in [0.4, 0.5) is 0 Å². The molecule has 0 atom stereocenters. The second-order valence-electron chi connectivity index (χ2n) is 7.20. The summed E-state index contributed by atoms with van der Waals surface area (Å²) in [6.45, 7) is 0.367. The van der Waals surface area contributed by atoms with E-state index >= 15 is 0 Å². The minimum atomic E-state index is -0.272. The molecule has 0 unspecified atom stereocenters. The molecule has 0 saturated heterocycles. The second-order valence-corrected chi connectivity index (χ2v) is 7.20. The first-order valence-electron chi connectivity index (χ1n) is 10.7. The topological polar surface area (TPSA) is 118 Å². The maximum Gasteiger partial charge on any atom is 0.258 e. The van der Waals surface area contributed by atoms with Crippen LogP contribution in [0.25, 0.3) is 17.0 Å². The van der Waals surface area contributed by atoms with Crippen molar-refractivity contribution in [2.45, 2.75) is 0 Å². The Hall–Kier alpha value is -4.54. The molecule has 182 valence electrons. The summed E-state index contributed by atoms with van der Waals surface area (Å²) in [5, 5.41) is 15.6. The van der Waals surface area contributed by atoms with Gasteiger partial charge in [-0.05, 0) is 36.4 Å². The van der Waals surface area contributed by atoms with Gasteiger partial charge < -0.3 is 29.0 Å². The highest BCUT2D eigenvalue weighted by Gasteiger charge is 2.16. The molecule has 2 aromatic heterocycles. The molecule has 0 aliphatic rings. The molecule has 0 bridgehead atoms. The van der Waals surface area contributed by atoms with Gasteiger partial charge in [0.2, 0.25) is 5.88 Å². The molecule has 0 aliphatic carbocycles. The Labute approximate surface area is 201 Å². The van der Waals surface area contributed by atoms with Crippen molar-refractivity contribution in [3.63, 3.8) is 0 Å². The molecule has 4 aromatic rings. The predicted molar refractivity (Wildman–Crippen MR) is 126 cm³/mol. The van der Waals surface area contributed by atoms with Crippen molar-refractivity contribution in [3.05, 3.63) is 54.6 Å². The summed E-state index contributed by atoms with van der Waals surface area (Å²) in [6.07, 6.45) is 0. The number of nitrogens with one attached hydrogen (secondary N) is 1. The van der Waals surface area contributed by atoms with Crippen molar-refractivity contribution in [1.29, 1.82) is 0 Å². The molecule has 35 heavy (non-hydrogen) atoms. The number of methoxy groups -OCH3 is 3. The van der Waals surface area contributed by atoms with Gasteiger partial charge in [-0.25, -0.2) is 0 Å². The van der Waals surface area contributed by atoms with Crippen LogP contribution in [0.2, 0.25) is 0 Å². The highest BCUT2D eigenvalue weighted by molar-refractivity contribution is 5.77. The lowest BCUT2D eigenvalue weighted by atomic mass is 10.2. The van der Waals surface area contributed by atoms with Crippen LogP contribution in [0, 0.1) is 0 Å². The molecule has 0 spiro atoms. The monoisotopic (exact) mass is 479 g/mol. The fourth-order valence-electron chi connectivity index (χ4n) is 3.24. The first kappa shape index (κ1) is 23.6. The first-order valence-corrected chi connectivity index (χ1v) is 10.7. The summed E-state index contributed by atoms with van der Waals surface area (Å²) < 4.78 is 28.7. The van der Waals surface area contributed by atoms with Crippen molar-refractivity contribution >= 4 is 11.6 Å². The minimum absolute atomic E-state index is 0.121. The zero-order valence-electron chi connectivity index (χ0n) is 19.6. The Kier molecular flexibility index (Phi) is 7.46. The molecule has 2 heterocycles. The van der Waals surface area contributed by atoms with Gasteiger partial charge >= 0.3 is 0 Å². The number of hydrogen-bond acceptors (Lipinski definition) is 9. The predicted octanol–water partition coefficient (Wildman–Crippen LogP) is 2.39. The van der Waals surface area contributed by atoms with Crippen molar-refractivity contribution in [2.75, 3.05) is 41.1 Å². The number of ether oxygens (including phenoxy) is 5. The zero-order chi connectivity index (χ0) is 24.6. The van der Waals surface area contributed by atoms with Gasteiger partial charge in [-0.3, -0.25) is 4.79 Å². The van der Waals surface area contributed by atoms with Crippen LogP contribution < -0.4 is 29.0 Å². The first-order chi connectivity index (χ1) is 17.1. The Morgan fingerprint density at radius 2 is 1.69 bits per heavy atom. The lowest BCUT2D eigenvalue weighted by Crippen LogP contribution is -2.32. The van der Waals surface area contributed by atoms with Gasteiger partial charge in [-0.2, -0.15) is 4.52 Å². The maximum atomic E-state index is 12.1. The second kappa shape index (κ2) is 11.1. The van der Waals surface area contributed by atoms with E-state index in [2.05, 4.69) is 20.6 Å². The van der Waals surface area contributed by atoms with E-state index in [1.165, 1.54) is 0 Å². The number of hydrogen-bond donors (Lipinski definition) is 1. The SMILES string of the molecule is COc1cccc(OCC(=O)NCCOc2ccc3nnc(-c4cc(OC)ccc4OC)n3n2)c1. The molecule has 0 fully saturated rings. The summed E-state index contributed by atoms with van der Waals surface area (Å²) in [6, 6.07) is 15.9. The third-order valence-electron chi connectivity index (χ3n) is 4.97. The standard InChI is InChI=1S/C24H25N5O6/c1-31-16-5-4-6-18(13-16)35-15-22(30)25-11-12-34-23-10-9-21-26-27-24(29(21)28-23)19-14-17(32-2)7-8-20(19)33-3/h4-10,13-14H,11-12,15H2,1-3H3,(H,25,30). The summed E-state index contributed by atoms with van der Waals surface area (Å²) in [5.74, 6) is 3.01. The van der Waals surface area contributed by atoms with E-state index < -0.39 is 0 Å². The van der Waals surface area contributed by atoms with Gasteiger partial charge in [-0.15, -0.1) is 15.3 Å². The Morgan fingerprint density at radius 1 is 0.886 bits per heavy atom. The zero-order valence-corrected chi connectivity index (χ0v) is 19.6. The van der Waals surface area contributed by atoms with Gasteiger partial charge in [0.15, 0.2) is 18.1 Å². The van der Waals surface area contributed by atoms with E-state index in [0.29, 0.717) is 45.9 Å². The quantitative estimate of drug-likeness (QED) is 0.324. The number of carbonyl (C=O) groups is 1. The number of rotatable bonds is 11. The van der Waals surface area contributed by atoms with Gasteiger partial charge in [0.25, 0.3) is 5.91 Å². The van der Waals surface area contributed by atoms with Crippen molar-refractivity contribution in [2.24, 2.45) is 0 Å². The Balaban J connectivity index is 1.34. The van der Waals surface area contributed by atoms with Gasteiger partial charge in [0.1, 0.15) is 29.6 Å². The van der Waals surface area contributed by atoms with Crippen LogP contribution in [-0.2, 0) is 4.79 Å². The lowest BCUT2D eigenvalue weighted by Gasteiger charge is -2.10. The number of carbonyl (C=O) groups excluding carboxylic acids is 1. The third-order valence-corrected chi connectivity index (χ3v) is 4.97. The van der Waals surface area contributed by atoms with E-state index in [1.54, 1.807) is 80.4 Å². The van der Waals surface area contributed by atoms with Gasteiger partial charge in [0.05, 0.1) is 33.4 Å². The molecular weight excluding hydrogens is 454 g/mol. The van der Waals surface area contributed by atoms with Crippen molar-refractivity contribution in [3.8, 4) is 40.3 Å². The molecular formula is C24H25N5O6. The van der Waals surface area contributed by atoms with Crippen LogP contribution in [-0.4, -0.2) is 66.8 Å². The number of amides is 1. The number of benzene rings is 2. The van der Waals surface area contributed by atoms with E-state index in [9.17, 15) is 4.79 Å². The molecule has 11 heteroatoms. The number of aromatic nitrogens is 4. The fraction of sp³-hybridized carbons (Fsp3) is 0.250. The maximum absolute atomic E-state index is 12.1. The van der Waals surface area contributed by atoms with Gasteiger partial charge in [0, 0.05) is 12.1 Å². The normalized spacial score (nSPS) is 10.6. The Bertz CT molecular complexity index is 1310. The lowest BCUT2D eigenvalue weighted by molar-refractivity contribution is -0.123. The highest BCUT2D eigenvalue weighted by Crippen LogP contribution is 2.32. The van der Waals surface area contributed by atoms with E-state index in [0.717, 1.165) is 0 Å². The molecule has 11 nitrogen and oxygen atoms in total. The molecule has 2 aromatic carbocycles. The molecule has 0 saturated carbocycles. The molecule has 4 rings (SSSR count). The van der Waals surface area contributed by atoms with Crippen LogP contribution in [0.3, 0.4) is 0 Å². The summed E-state index contributed by atoms with van der Waals surface area (Å²) in [7, 11) is 4.73. The number of nitrogens with zero attached hydrogens (tertiary/aromatic N) is 4. The van der Waals surface area contributed by atoms with E-state index in [4.69, 9.17) is 23.7 Å². The highest BCUT2D eigenvalue weighted by atomic mass is 16.5. The van der Waals surface area contributed by atoms with Crippen LogP contribution in [0.5, 0.6) is 28.9 Å². The van der Waals surface area contributed by atoms with Crippen molar-refractivity contribution in [1.82, 2.24) is 25.1 Å². The van der Waals surface area contributed by atoms with Crippen molar-refractivity contribution < 1.29 is 28.5 Å².